The molecule has 0 spiro atoms. The van der Waals surface area contributed by atoms with Crippen molar-refractivity contribution in [3.8, 4) is 0 Å². The van der Waals surface area contributed by atoms with E-state index in [0.717, 1.165) is 13.0 Å². The van der Waals surface area contributed by atoms with Gasteiger partial charge in [-0.15, -0.1) is 0 Å². The number of nitrogens with zero attached hydrogens (tertiary/aromatic N) is 1. The van der Waals surface area contributed by atoms with Crippen LogP contribution < -0.4 is 5.32 Å². The van der Waals surface area contributed by atoms with Crippen LogP contribution in [-0.4, -0.2) is 47.4 Å². The van der Waals surface area contributed by atoms with Crippen LogP contribution >= 0.6 is 0 Å². The Kier molecular flexibility index (Phi) is 5.59. The largest absolute Gasteiger partial charge is 0.465 e. The zero-order chi connectivity index (χ0) is 15.2. The van der Waals surface area contributed by atoms with Crippen LogP contribution in [-0.2, 0) is 11.3 Å². The third kappa shape index (κ3) is 4.72. The maximum atomic E-state index is 11.1. The second-order valence-electron chi connectivity index (χ2n) is 5.71. The molecule has 0 saturated carbocycles. The molecule has 116 valence electrons. The summed E-state index contributed by atoms with van der Waals surface area (Å²) in [5.41, 5.74) is 1.22. The van der Waals surface area contributed by atoms with E-state index in [2.05, 4.69) is 17.4 Å². The third-order valence-electron chi connectivity index (χ3n) is 3.69. The van der Waals surface area contributed by atoms with Crippen molar-refractivity contribution >= 4 is 6.09 Å². The summed E-state index contributed by atoms with van der Waals surface area (Å²) in [5, 5.41) is 12.6. The summed E-state index contributed by atoms with van der Waals surface area (Å²) in [5.74, 6) is 0. The number of rotatable bonds is 5. The van der Waals surface area contributed by atoms with Crippen LogP contribution in [0.5, 0.6) is 0 Å². The molecule has 1 heterocycles. The molecule has 0 bridgehead atoms. The summed E-state index contributed by atoms with van der Waals surface area (Å²) < 4.78 is 5.91. The van der Waals surface area contributed by atoms with Crippen LogP contribution in [0.15, 0.2) is 30.3 Å². The van der Waals surface area contributed by atoms with E-state index in [1.54, 1.807) is 0 Å². The van der Waals surface area contributed by atoms with Crippen LogP contribution in [0.4, 0.5) is 4.79 Å². The fourth-order valence-electron chi connectivity index (χ4n) is 2.66. The first-order chi connectivity index (χ1) is 10.1. The molecule has 2 atom stereocenters. The summed E-state index contributed by atoms with van der Waals surface area (Å²) in [7, 11) is 0. The average molecular weight is 292 g/mol. The topological polar surface area (TPSA) is 61.8 Å². The lowest BCUT2D eigenvalue weighted by molar-refractivity contribution is -0.0476. The highest BCUT2D eigenvalue weighted by atomic mass is 16.5. The molecule has 1 aliphatic heterocycles. The Labute approximate surface area is 125 Å². The Hall–Kier alpha value is -1.59. The zero-order valence-corrected chi connectivity index (χ0v) is 12.7. The van der Waals surface area contributed by atoms with Gasteiger partial charge >= 0.3 is 6.09 Å². The van der Waals surface area contributed by atoms with Crippen LogP contribution in [0.2, 0.25) is 0 Å². The van der Waals surface area contributed by atoms with Gasteiger partial charge in [0, 0.05) is 19.1 Å². The van der Waals surface area contributed by atoms with Gasteiger partial charge in [-0.3, -0.25) is 0 Å². The quantitative estimate of drug-likeness (QED) is 0.874. The molecule has 0 aliphatic carbocycles. The van der Waals surface area contributed by atoms with E-state index in [9.17, 15) is 4.79 Å². The summed E-state index contributed by atoms with van der Waals surface area (Å²) in [6.07, 6.45) is -0.103. The molecule has 1 amide bonds. The monoisotopic (exact) mass is 292 g/mol. The van der Waals surface area contributed by atoms with E-state index in [0.29, 0.717) is 13.1 Å². The Balaban J connectivity index is 1.94. The number of ether oxygens (including phenoxy) is 1. The zero-order valence-electron chi connectivity index (χ0n) is 12.7. The number of carbonyl (C=O) groups is 1. The Bertz CT molecular complexity index is 450. The highest BCUT2D eigenvalue weighted by molar-refractivity contribution is 5.65. The minimum absolute atomic E-state index is 0.0878. The maximum absolute atomic E-state index is 11.1. The van der Waals surface area contributed by atoms with Crippen LogP contribution in [0, 0.1) is 0 Å². The normalized spacial score (nSPS) is 22.5. The van der Waals surface area contributed by atoms with E-state index >= 15 is 0 Å². The molecule has 0 aromatic heterocycles. The SMILES string of the molecule is CC(C)O[C@H]1CN(C(=O)O)CC[C@H]1NCc1ccccc1. The molecule has 1 fully saturated rings. The van der Waals surface area contributed by atoms with Crippen LogP contribution in [0.3, 0.4) is 0 Å². The number of piperidine rings is 1. The molecule has 2 N–H and O–H groups in total. The standard InChI is InChI=1S/C16H24N2O3/c1-12(2)21-15-11-18(16(19)20)9-8-14(15)17-10-13-6-4-3-5-7-13/h3-7,12,14-15,17H,8-11H2,1-2H3,(H,19,20)/t14-,15+/m1/s1. The number of carboxylic acid groups (broad SMARTS) is 1. The molecule has 1 aromatic carbocycles. The number of benzene rings is 1. The first-order valence-electron chi connectivity index (χ1n) is 7.47. The molecule has 21 heavy (non-hydrogen) atoms. The van der Waals surface area contributed by atoms with Gasteiger partial charge in [0.05, 0.1) is 18.8 Å². The lowest BCUT2D eigenvalue weighted by Gasteiger charge is -2.38. The van der Waals surface area contributed by atoms with Crippen molar-refractivity contribution in [1.29, 1.82) is 0 Å². The predicted octanol–water partition coefficient (Wildman–Crippen LogP) is 2.32. The lowest BCUT2D eigenvalue weighted by Crippen LogP contribution is -2.55. The molecule has 1 aliphatic rings. The number of amides is 1. The Morgan fingerprint density at radius 3 is 2.76 bits per heavy atom. The summed E-state index contributed by atoms with van der Waals surface area (Å²) in [4.78, 5) is 12.6. The van der Waals surface area contributed by atoms with Gasteiger partial charge in [0.15, 0.2) is 0 Å². The van der Waals surface area contributed by atoms with E-state index in [-0.39, 0.29) is 18.2 Å². The van der Waals surface area contributed by atoms with Gasteiger partial charge in [-0.05, 0) is 25.8 Å². The molecule has 1 aromatic rings. The molecule has 1 saturated heterocycles. The van der Waals surface area contributed by atoms with E-state index in [4.69, 9.17) is 9.84 Å². The van der Waals surface area contributed by atoms with Gasteiger partial charge in [-0.25, -0.2) is 4.79 Å². The predicted molar refractivity (Wildman–Crippen MR) is 81.3 cm³/mol. The lowest BCUT2D eigenvalue weighted by atomic mass is 10.0. The molecule has 5 nitrogen and oxygen atoms in total. The van der Waals surface area contributed by atoms with Crippen molar-refractivity contribution in [2.45, 2.75) is 45.1 Å². The van der Waals surface area contributed by atoms with E-state index in [1.165, 1.54) is 10.5 Å². The molecule has 2 rings (SSSR count). The average Bonchev–Trinajstić information content (AvgIpc) is 2.46. The van der Waals surface area contributed by atoms with Crippen molar-refractivity contribution in [1.82, 2.24) is 10.2 Å². The van der Waals surface area contributed by atoms with Gasteiger partial charge in [0.25, 0.3) is 0 Å². The fraction of sp³-hybridized carbons (Fsp3) is 0.562. The molecule has 5 heteroatoms. The maximum Gasteiger partial charge on any atom is 0.407 e. The molecular weight excluding hydrogens is 268 g/mol. The van der Waals surface area contributed by atoms with Crippen molar-refractivity contribution in [2.24, 2.45) is 0 Å². The Morgan fingerprint density at radius 2 is 2.14 bits per heavy atom. The minimum atomic E-state index is -0.867. The highest BCUT2D eigenvalue weighted by Crippen LogP contribution is 2.17. The number of hydrogen-bond acceptors (Lipinski definition) is 3. The van der Waals surface area contributed by atoms with Crippen molar-refractivity contribution in [3.63, 3.8) is 0 Å². The highest BCUT2D eigenvalue weighted by Gasteiger charge is 2.32. The molecular formula is C16H24N2O3. The van der Waals surface area contributed by atoms with Gasteiger partial charge in [0.2, 0.25) is 0 Å². The number of likely N-dealkylation sites (tertiary alicyclic amines) is 1. The second kappa shape index (κ2) is 7.43. The molecule has 0 unspecified atom stereocenters. The Morgan fingerprint density at radius 1 is 1.43 bits per heavy atom. The van der Waals surface area contributed by atoms with Gasteiger partial charge in [-0.1, -0.05) is 30.3 Å². The third-order valence-corrected chi connectivity index (χ3v) is 3.69. The summed E-state index contributed by atoms with van der Waals surface area (Å²) in [6, 6.07) is 10.4. The second-order valence-corrected chi connectivity index (χ2v) is 5.71. The summed E-state index contributed by atoms with van der Waals surface area (Å²) in [6.45, 7) is 5.72. The van der Waals surface area contributed by atoms with Gasteiger partial charge < -0.3 is 20.1 Å². The number of nitrogens with one attached hydrogen (secondary N) is 1. The van der Waals surface area contributed by atoms with Crippen molar-refractivity contribution in [2.75, 3.05) is 13.1 Å². The van der Waals surface area contributed by atoms with Crippen LogP contribution in [0.1, 0.15) is 25.8 Å². The number of hydrogen-bond donors (Lipinski definition) is 2. The fourth-order valence-corrected chi connectivity index (χ4v) is 2.66. The first-order valence-corrected chi connectivity index (χ1v) is 7.47. The van der Waals surface area contributed by atoms with E-state index in [1.807, 2.05) is 32.0 Å². The summed E-state index contributed by atoms with van der Waals surface area (Å²) >= 11 is 0. The molecule has 0 radical (unpaired) electrons. The van der Waals surface area contributed by atoms with Crippen molar-refractivity contribution < 1.29 is 14.6 Å². The van der Waals surface area contributed by atoms with Gasteiger partial charge in [0.1, 0.15) is 0 Å². The van der Waals surface area contributed by atoms with Crippen molar-refractivity contribution in [3.05, 3.63) is 35.9 Å². The minimum Gasteiger partial charge on any atom is -0.465 e. The van der Waals surface area contributed by atoms with Gasteiger partial charge in [-0.2, -0.15) is 0 Å². The smallest absolute Gasteiger partial charge is 0.407 e. The van der Waals surface area contributed by atoms with Crippen LogP contribution in [0.25, 0.3) is 0 Å². The van der Waals surface area contributed by atoms with E-state index < -0.39 is 6.09 Å². The first kappa shape index (κ1) is 15.8.